The van der Waals surface area contributed by atoms with Crippen LogP contribution >= 0.6 is 11.8 Å². The summed E-state index contributed by atoms with van der Waals surface area (Å²) in [5, 5.41) is 5.34. The standard InChI is InChI=1S/C29H23N3O4S/c1-35-22-13-11-19(12-14-22)16-31-26(33)18-37-28(31)24-17-32(21-8-3-2-4-9-21)30-27(24)23-15-20-7-5-6-10-25(20)36-29(23)34/h2-15,17,28H,16,18H2,1H3/t28-/m0/s1. The van der Waals surface area contributed by atoms with E-state index in [0.29, 0.717) is 29.1 Å². The van der Waals surface area contributed by atoms with Gasteiger partial charge in [-0.15, -0.1) is 11.8 Å². The number of methoxy groups -OCH3 is 1. The lowest BCUT2D eigenvalue weighted by Gasteiger charge is -2.24. The highest BCUT2D eigenvalue weighted by Crippen LogP contribution is 2.43. The molecular formula is C29H23N3O4S. The number of nitrogens with zero attached hydrogens (tertiary/aromatic N) is 3. The van der Waals surface area contributed by atoms with E-state index in [9.17, 15) is 9.59 Å². The topological polar surface area (TPSA) is 77.6 Å². The van der Waals surface area contributed by atoms with Gasteiger partial charge < -0.3 is 14.1 Å². The number of amides is 1. The van der Waals surface area contributed by atoms with Gasteiger partial charge in [0.05, 0.1) is 24.1 Å². The summed E-state index contributed by atoms with van der Waals surface area (Å²) in [7, 11) is 1.63. The van der Waals surface area contributed by atoms with E-state index in [1.165, 1.54) is 11.8 Å². The van der Waals surface area contributed by atoms with Gasteiger partial charge in [-0.2, -0.15) is 5.10 Å². The minimum atomic E-state index is -0.464. The maximum Gasteiger partial charge on any atom is 0.345 e. The quantitative estimate of drug-likeness (QED) is 0.284. The maximum atomic E-state index is 13.1. The van der Waals surface area contributed by atoms with Crippen molar-refractivity contribution in [2.45, 2.75) is 11.9 Å². The maximum absolute atomic E-state index is 13.1. The number of carbonyl (C=O) groups excluding carboxylic acids is 1. The molecule has 1 fully saturated rings. The van der Waals surface area contributed by atoms with E-state index in [1.54, 1.807) is 17.9 Å². The zero-order valence-corrected chi connectivity index (χ0v) is 20.9. The molecule has 37 heavy (non-hydrogen) atoms. The van der Waals surface area contributed by atoms with Crippen molar-refractivity contribution < 1.29 is 13.9 Å². The van der Waals surface area contributed by atoms with Crippen LogP contribution in [0, 0.1) is 0 Å². The Hall–Kier alpha value is -4.30. The number of hydrogen-bond acceptors (Lipinski definition) is 6. The number of hydrogen-bond donors (Lipinski definition) is 0. The molecule has 0 N–H and O–H groups in total. The van der Waals surface area contributed by atoms with Crippen molar-refractivity contribution in [1.29, 1.82) is 0 Å². The predicted octanol–water partition coefficient (Wildman–Crippen LogP) is 5.43. The number of benzene rings is 3. The molecule has 0 bridgehead atoms. The largest absolute Gasteiger partial charge is 0.497 e. The molecule has 0 spiro atoms. The number of rotatable bonds is 6. The summed E-state index contributed by atoms with van der Waals surface area (Å²) >= 11 is 1.53. The van der Waals surface area contributed by atoms with Crippen LogP contribution in [0.4, 0.5) is 0 Å². The average Bonchev–Trinajstić information content (AvgIpc) is 3.53. The molecule has 2 aromatic heterocycles. The molecule has 3 aromatic carbocycles. The van der Waals surface area contributed by atoms with E-state index < -0.39 is 5.63 Å². The first-order chi connectivity index (χ1) is 18.1. The van der Waals surface area contributed by atoms with Gasteiger partial charge in [0.1, 0.15) is 22.4 Å². The molecule has 5 aromatic rings. The summed E-state index contributed by atoms with van der Waals surface area (Å²) in [6, 6.07) is 26.6. The third-order valence-corrected chi connectivity index (χ3v) is 7.64. The van der Waals surface area contributed by atoms with E-state index in [1.807, 2.05) is 90.0 Å². The van der Waals surface area contributed by atoms with Gasteiger partial charge in [-0.3, -0.25) is 4.79 Å². The van der Waals surface area contributed by atoms with E-state index >= 15 is 0 Å². The summed E-state index contributed by atoms with van der Waals surface area (Å²) in [4.78, 5) is 28.0. The zero-order valence-electron chi connectivity index (χ0n) is 20.0. The molecule has 0 aliphatic carbocycles. The highest BCUT2D eigenvalue weighted by atomic mass is 32.2. The number of thioether (sulfide) groups is 1. The molecule has 3 heterocycles. The van der Waals surface area contributed by atoms with Gasteiger partial charge in [-0.1, -0.05) is 48.5 Å². The molecule has 1 saturated heterocycles. The summed E-state index contributed by atoms with van der Waals surface area (Å²) in [5.41, 5.74) is 3.57. The van der Waals surface area contributed by atoms with Crippen LogP contribution in [0.1, 0.15) is 16.5 Å². The molecule has 1 amide bonds. The lowest BCUT2D eigenvalue weighted by molar-refractivity contribution is -0.128. The fourth-order valence-corrected chi connectivity index (χ4v) is 5.72. The molecule has 0 unspecified atom stereocenters. The highest BCUT2D eigenvalue weighted by molar-refractivity contribution is 8.00. The highest BCUT2D eigenvalue weighted by Gasteiger charge is 2.36. The molecule has 1 atom stereocenters. The first-order valence-corrected chi connectivity index (χ1v) is 12.9. The van der Waals surface area contributed by atoms with Crippen LogP contribution in [0.2, 0.25) is 0 Å². The van der Waals surface area contributed by atoms with Crippen molar-refractivity contribution in [3.05, 3.63) is 113 Å². The number of fused-ring (bicyclic) bond motifs is 1. The van der Waals surface area contributed by atoms with Crippen LogP contribution in [-0.2, 0) is 11.3 Å². The van der Waals surface area contributed by atoms with Crippen LogP contribution in [0.5, 0.6) is 5.75 Å². The van der Waals surface area contributed by atoms with E-state index in [-0.39, 0.29) is 11.3 Å². The van der Waals surface area contributed by atoms with Crippen molar-refractivity contribution in [3.63, 3.8) is 0 Å². The fraction of sp³-hybridized carbons (Fsp3) is 0.138. The normalized spacial score (nSPS) is 15.4. The van der Waals surface area contributed by atoms with Gasteiger partial charge in [0.15, 0.2) is 0 Å². The molecule has 0 saturated carbocycles. The Morgan fingerprint density at radius 1 is 1.00 bits per heavy atom. The monoisotopic (exact) mass is 509 g/mol. The predicted molar refractivity (Wildman–Crippen MR) is 144 cm³/mol. The van der Waals surface area contributed by atoms with Crippen molar-refractivity contribution in [2.24, 2.45) is 0 Å². The van der Waals surface area contributed by atoms with E-state index in [2.05, 4.69) is 0 Å². The van der Waals surface area contributed by atoms with Gasteiger partial charge in [0.2, 0.25) is 5.91 Å². The average molecular weight is 510 g/mol. The van der Waals surface area contributed by atoms with Crippen molar-refractivity contribution in [2.75, 3.05) is 12.9 Å². The Labute approximate surface area is 217 Å². The molecule has 6 rings (SSSR count). The van der Waals surface area contributed by atoms with Gasteiger partial charge >= 0.3 is 5.63 Å². The minimum Gasteiger partial charge on any atom is -0.497 e. The summed E-state index contributed by atoms with van der Waals surface area (Å²) in [5.74, 6) is 1.15. The number of ether oxygens (including phenoxy) is 1. The Morgan fingerprint density at radius 2 is 1.76 bits per heavy atom. The van der Waals surface area contributed by atoms with Crippen LogP contribution < -0.4 is 10.4 Å². The second kappa shape index (κ2) is 9.63. The molecule has 0 radical (unpaired) electrons. The molecule has 184 valence electrons. The van der Waals surface area contributed by atoms with E-state index in [0.717, 1.165) is 28.0 Å². The van der Waals surface area contributed by atoms with Crippen molar-refractivity contribution in [1.82, 2.24) is 14.7 Å². The SMILES string of the molecule is COc1ccc(CN2C(=O)CS[C@H]2c2cn(-c3ccccc3)nc2-c2cc3ccccc3oc2=O)cc1. The number of aromatic nitrogens is 2. The third kappa shape index (κ3) is 4.40. The Kier molecular flexibility index (Phi) is 6.02. The molecule has 1 aliphatic heterocycles. The summed E-state index contributed by atoms with van der Waals surface area (Å²) in [6.07, 6.45) is 1.91. The Balaban J connectivity index is 1.47. The Morgan fingerprint density at radius 3 is 2.54 bits per heavy atom. The van der Waals surface area contributed by atoms with Crippen molar-refractivity contribution in [3.8, 4) is 22.7 Å². The van der Waals surface area contributed by atoms with Crippen LogP contribution in [0.3, 0.4) is 0 Å². The zero-order chi connectivity index (χ0) is 25.4. The smallest absolute Gasteiger partial charge is 0.345 e. The first kappa shape index (κ1) is 23.1. The van der Waals surface area contributed by atoms with Crippen LogP contribution in [-0.4, -0.2) is 33.5 Å². The van der Waals surface area contributed by atoms with Crippen LogP contribution in [0.25, 0.3) is 27.9 Å². The van der Waals surface area contributed by atoms with Gasteiger partial charge in [0, 0.05) is 23.7 Å². The molecular weight excluding hydrogens is 486 g/mol. The van der Waals surface area contributed by atoms with Gasteiger partial charge in [-0.25, -0.2) is 9.48 Å². The van der Waals surface area contributed by atoms with Gasteiger partial charge in [-0.05, 0) is 42.0 Å². The summed E-state index contributed by atoms with van der Waals surface area (Å²) in [6.45, 7) is 0.433. The number of para-hydroxylation sites is 2. The third-order valence-electron chi connectivity index (χ3n) is 6.41. The van der Waals surface area contributed by atoms with Gasteiger partial charge in [0.25, 0.3) is 0 Å². The minimum absolute atomic E-state index is 0.0368. The molecule has 7 nitrogen and oxygen atoms in total. The van der Waals surface area contributed by atoms with E-state index in [4.69, 9.17) is 14.3 Å². The second-order valence-corrected chi connectivity index (χ2v) is 9.80. The second-order valence-electron chi connectivity index (χ2n) is 8.73. The lowest BCUT2D eigenvalue weighted by Crippen LogP contribution is -2.27. The van der Waals surface area contributed by atoms with Crippen molar-refractivity contribution >= 4 is 28.6 Å². The first-order valence-electron chi connectivity index (χ1n) is 11.8. The molecule has 8 heteroatoms. The number of carbonyl (C=O) groups is 1. The summed E-state index contributed by atoms with van der Waals surface area (Å²) < 4.78 is 12.7. The fourth-order valence-electron chi connectivity index (χ4n) is 4.53. The lowest BCUT2D eigenvalue weighted by atomic mass is 10.1. The molecule has 1 aliphatic rings. The Bertz CT molecular complexity index is 1640. The van der Waals surface area contributed by atoms with Crippen LogP contribution in [0.15, 0.2) is 100 Å².